The van der Waals surface area contributed by atoms with Gasteiger partial charge in [0.2, 0.25) is 6.29 Å². The number of aliphatic carboxylic acids is 1. The number of esters is 3. The Morgan fingerprint density at radius 1 is 0.500 bits per heavy atom. The summed E-state index contributed by atoms with van der Waals surface area (Å²) in [6.07, 6.45) is -51.0. The number of allylic oxidation sites excluding steroid dienone is 2. The fraction of sp³-hybridized carbons (Fsp3) is 0.919. The molecule has 0 radical (unpaired) electrons. The lowest BCUT2D eigenvalue weighted by molar-refractivity contribution is -0.394. The van der Waals surface area contributed by atoms with Crippen LogP contribution in [0.1, 0.15) is 141 Å². The van der Waals surface area contributed by atoms with Gasteiger partial charge in [-0.25, -0.2) is 0 Å². The minimum absolute atomic E-state index is 0.0470. The zero-order valence-corrected chi connectivity index (χ0v) is 64.0. The molecule has 6 saturated heterocycles. The van der Waals surface area contributed by atoms with Crippen LogP contribution in [0, 0.1) is 62.1 Å². The van der Waals surface area contributed by atoms with E-state index in [0.717, 1.165) is 5.57 Å². The van der Waals surface area contributed by atoms with Gasteiger partial charge in [0, 0.05) is 0 Å². The monoisotopic (exact) mass is 1580 g/mol. The highest BCUT2D eigenvalue weighted by molar-refractivity contribution is 5.79. The van der Waals surface area contributed by atoms with Crippen LogP contribution in [0.25, 0.3) is 0 Å². The lowest BCUT2D eigenvalue weighted by Gasteiger charge is -2.71. The third-order valence-corrected chi connectivity index (χ3v) is 27.6. The van der Waals surface area contributed by atoms with Gasteiger partial charge in [0.05, 0.1) is 73.5 Å². The molecule has 42 unspecified atom stereocenters. The van der Waals surface area contributed by atoms with E-state index in [2.05, 4.69) is 33.8 Å². The van der Waals surface area contributed by atoms with Crippen LogP contribution in [-0.2, 0) is 85.5 Å². The number of carboxylic acids is 1. The molecule has 6 aliphatic heterocycles. The first-order chi connectivity index (χ1) is 51.4. The van der Waals surface area contributed by atoms with Gasteiger partial charge < -0.3 is 158 Å². The van der Waals surface area contributed by atoms with Gasteiger partial charge in [-0.2, -0.15) is 0 Å². The Morgan fingerprint density at radius 2 is 1.00 bits per heavy atom. The summed E-state index contributed by atoms with van der Waals surface area (Å²) in [5, 5.41) is 199. The van der Waals surface area contributed by atoms with Crippen molar-refractivity contribution in [2.75, 3.05) is 26.4 Å². The highest BCUT2D eigenvalue weighted by atomic mass is 16.8. The Balaban J connectivity index is 0.899. The molecule has 11 rings (SSSR count). The predicted octanol–water partition coefficient (Wildman–Crippen LogP) is -3.88. The minimum atomic E-state index is -2.05. The Bertz CT molecular complexity index is 3240. The topological polar surface area (TPSA) is 562 Å². The quantitative estimate of drug-likeness (QED) is 0.0226. The standard InChI is InChI=1S/C74H118O36/c1-27(29(3)77)59(92)99-30(4)28(2)60(93)104-53-31(5)101-65(57(51(53)90)108-64-56(106-62-49(88)43(82)37(80)26-98-62)52(91)54(32(6)100-64)105-61-48(87)42(81)36(79)25-97-61)110-68(96)74-19-17-69(7,8)21-34(74)33-13-14-40-70(9)22-35(78)58(73(12,67(94)95)41(70)15-16-72(40,11)71(33,10)18-20-74)109-66-55(47(86)45(84)39(24-76)103-66)107-63-50(89)46(85)44(83)38(23-75)102-63/h13,27-32,34-58,61-66,75-91H,14-26H2,1-12H3,(H,94,95). The van der Waals surface area contributed by atoms with Crippen molar-refractivity contribution < 1.29 is 177 Å². The lowest BCUT2D eigenvalue weighted by atomic mass is 9.33. The molecule has 0 bridgehead atoms. The minimum Gasteiger partial charge on any atom is -0.481 e. The number of carbonyl (C=O) groups is 4. The number of carbonyl (C=O) groups excluding carboxylic acids is 3. The second kappa shape index (κ2) is 33.1. The van der Waals surface area contributed by atoms with Crippen LogP contribution < -0.4 is 0 Å². The number of aliphatic hydroxyl groups excluding tert-OH is 17. The van der Waals surface area contributed by atoms with Gasteiger partial charge >= 0.3 is 23.9 Å². The van der Waals surface area contributed by atoms with E-state index < -0.39 is 297 Å². The second-order valence-electron chi connectivity index (χ2n) is 34.8. The van der Waals surface area contributed by atoms with Crippen molar-refractivity contribution in [1.82, 2.24) is 0 Å². The predicted molar refractivity (Wildman–Crippen MR) is 366 cm³/mol. The molecule has 11 aliphatic rings. The van der Waals surface area contributed by atoms with Crippen molar-refractivity contribution in [2.45, 2.75) is 337 Å². The van der Waals surface area contributed by atoms with Gasteiger partial charge in [-0.3, -0.25) is 19.2 Å². The smallest absolute Gasteiger partial charge is 0.315 e. The van der Waals surface area contributed by atoms with E-state index in [9.17, 15) is 106 Å². The number of rotatable bonds is 21. The zero-order chi connectivity index (χ0) is 81.0. The molecule has 5 aliphatic carbocycles. The van der Waals surface area contributed by atoms with Gasteiger partial charge in [0.15, 0.2) is 43.7 Å². The maximum Gasteiger partial charge on any atom is 0.315 e. The van der Waals surface area contributed by atoms with Crippen LogP contribution >= 0.6 is 0 Å². The molecule has 36 nitrogen and oxygen atoms in total. The van der Waals surface area contributed by atoms with E-state index in [1.165, 1.54) is 48.5 Å². The number of fused-ring (bicyclic) bond motifs is 7. The molecule has 0 amide bonds. The number of aliphatic hydroxyl groups is 17. The normalized spacial score (nSPS) is 50.7. The van der Waals surface area contributed by atoms with Gasteiger partial charge in [0.25, 0.3) is 0 Å². The van der Waals surface area contributed by atoms with Crippen molar-refractivity contribution in [3.63, 3.8) is 0 Å². The van der Waals surface area contributed by atoms with Crippen molar-refractivity contribution in [3.05, 3.63) is 11.6 Å². The van der Waals surface area contributed by atoms with E-state index in [4.69, 9.17) is 66.3 Å². The first kappa shape index (κ1) is 87.3. The Kier molecular flexibility index (Phi) is 26.3. The molecular weight excluding hydrogens is 1460 g/mol. The van der Waals surface area contributed by atoms with Crippen molar-refractivity contribution >= 4 is 23.9 Å². The first-order valence-corrected chi connectivity index (χ1v) is 38.5. The van der Waals surface area contributed by atoms with Gasteiger partial charge in [0.1, 0.15) is 122 Å². The molecule has 0 aromatic carbocycles. The summed E-state index contributed by atoms with van der Waals surface area (Å²) in [6.45, 7) is 17.6. The average molecular weight is 1580 g/mol. The molecule has 0 aromatic rings. The molecule has 4 saturated carbocycles. The largest absolute Gasteiger partial charge is 0.481 e. The molecule has 630 valence electrons. The highest BCUT2D eigenvalue weighted by Crippen LogP contribution is 2.76. The first-order valence-electron chi connectivity index (χ1n) is 38.5. The van der Waals surface area contributed by atoms with E-state index in [-0.39, 0.29) is 37.0 Å². The van der Waals surface area contributed by atoms with E-state index in [1.54, 1.807) is 0 Å². The Morgan fingerprint density at radius 3 is 1.59 bits per heavy atom. The number of hydrogen-bond acceptors (Lipinski definition) is 35. The van der Waals surface area contributed by atoms with Crippen LogP contribution in [0.2, 0.25) is 0 Å². The van der Waals surface area contributed by atoms with Gasteiger partial charge in [-0.05, 0) is 146 Å². The summed E-state index contributed by atoms with van der Waals surface area (Å²) in [5.41, 5.74) is -5.15. The van der Waals surface area contributed by atoms with Crippen molar-refractivity contribution in [2.24, 2.45) is 62.1 Å². The van der Waals surface area contributed by atoms with Crippen LogP contribution in [0.3, 0.4) is 0 Å². The molecule has 18 N–H and O–H groups in total. The molecule has 10 fully saturated rings. The molecule has 36 heteroatoms. The van der Waals surface area contributed by atoms with Crippen LogP contribution in [0.4, 0.5) is 0 Å². The van der Waals surface area contributed by atoms with E-state index in [1.807, 2.05) is 6.92 Å². The SMILES string of the molecule is CC(O)C(C)C(=O)OC(C)C(C)C(=O)OC1C(C)OC(OC(=O)C23CCC(C)(C)CC2C2=CCC4C5(C)CC(O)C(OC6OC(CO)C(O)C(O)C6OC6OC(CO)C(O)C(O)C6O)C(C)(C(=O)O)C5CCC4(C)C2(C)CC3)C(OC2OC(C)C(OC3OCC(O)C(O)C3O)C(O)C2OC2OCC(O)C(O)C2O)C1O. The van der Waals surface area contributed by atoms with Crippen LogP contribution in [0.5, 0.6) is 0 Å². The third kappa shape index (κ3) is 15.5. The molecule has 0 aromatic heterocycles. The molecular formula is C74H118O36. The average Bonchev–Trinajstić information content (AvgIpc) is 0.671. The van der Waals surface area contributed by atoms with Crippen molar-refractivity contribution in [1.29, 1.82) is 0 Å². The summed E-state index contributed by atoms with van der Waals surface area (Å²) < 4.78 is 85.2. The Hall–Kier alpha value is -3.50. The molecule has 110 heavy (non-hydrogen) atoms. The number of ether oxygens (including phenoxy) is 14. The van der Waals surface area contributed by atoms with Crippen LogP contribution in [-0.4, -0.2) is 339 Å². The van der Waals surface area contributed by atoms with E-state index >= 15 is 4.79 Å². The zero-order valence-electron chi connectivity index (χ0n) is 64.0. The fourth-order valence-electron chi connectivity index (χ4n) is 20.0. The highest BCUT2D eigenvalue weighted by Gasteiger charge is 2.74. The third-order valence-electron chi connectivity index (χ3n) is 27.6. The Labute approximate surface area is 636 Å². The summed E-state index contributed by atoms with van der Waals surface area (Å²) in [7, 11) is 0. The van der Waals surface area contributed by atoms with Gasteiger partial charge in [-0.15, -0.1) is 0 Å². The number of hydrogen-bond donors (Lipinski definition) is 18. The van der Waals surface area contributed by atoms with Gasteiger partial charge in [-0.1, -0.05) is 46.3 Å². The maximum absolute atomic E-state index is 16.2. The number of carboxylic acid groups (broad SMARTS) is 1. The fourth-order valence-corrected chi connectivity index (χ4v) is 20.0. The maximum atomic E-state index is 16.2. The second-order valence-corrected chi connectivity index (χ2v) is 34.8. The molecule has 42 atom stereocenters. The summed E-state index contributed by atoms with van der Waals surface area (Å²) in [4.78, 5) is 57.8. The van der Waals surface area contributed by atoms with Crippen molar-refractivity contribution in [3.8, 4) is 0 Å². The molecule has 0 spiro atoms. The lowest BCUT2D eigenvalue weighted by Crippen LogP contribution is -2.70. The summed E-state index contributed by atoms with van der Waals surface area (Å²) in [6, 6.07) is 0. The summed E-state index contributed by atoms with van der Waals surface area (Å²) in [5.74, 6) is -7.82. The molecule has 6 heterocycles. The van der Waals surface area contributed by atoms with Crippen LogP contribution in [0.15, 0.2) is 11.6 Å². The van der Waals surface area contributed by atoms with E-state index in [0.29, 0.717) is 32.1 Å². The summed E-state index contributed by atoms with van der Waals surface area (Å²) >= 11 is 0.